The van der Waals surface area contributed by atoms with Gasteiger partial charge in [0.05, 0.1) is 24.2 Å². The molecule has 0 N–H and O–H groups in total. The second kappa shape index (κ2) is 7.81. The van der Waals surface area contributed by atoms with Crippen molar-refractivity contribution in [3.8, 4) is 0 Å². The summed E-state index contributed by atoms with van der Waals surface area (Å²) < 4.78 is 0. The summed E-state index contributed by atoms with van der Waals surface area (Å²) in [6.07, 6.45) is 3.76. The summed E-state index contributed by atoms with van der Waals surface area (Å²) in [7, 11) is 0. The van der Waals surface area contributed by atoms with Crippen LogP contribution in [0.25, 0.3) is 0 Å². The average Bonchev–Trinajstić information content (AvgIpc) is 3.03. The number of carbonyl (C=O) groups is 2. The van der Waals surface area contributed by atoms with E-state index in [0.717, 1.165) is 0 Å². The van der Waals surface area contributed by atoms with Crippen LogP contribution in [0.15, 0.2) is 25.3 Å². The lowest BCUT2D eigenvalue weighted by molar-refractivity contribution is 0.0560. The van der Waals surface area contributed by atoms with Crippen LogP contribution >= 0.6 is 0 Å². The normalized spacial score (nSPS) is 28.1. The van der Waals surface area contributed by atoms with Crippen molar-refractivity contribution in [1.82, 2.24) is 19.6 Å². The van der Waals surface area contributed by atoms with Crippen LogP contribution in [-0.2, 0) is 0 Å². The molecule has 0 aromatic carbocycles. The highest BCUT2D eigenvalue weighted by Gasteiger charge is 2.62. The maximum Gasteiger partial charge on any atom is 0.321 e. The monoisotopic (exact) mass is 446 g/mol. The van der Waals surface area contributed by atoms with E-state index in [1.807, 2.05) is 31.8 Å². The fourth-order valence-corrected chi connectivity index (χ4v) is 5.49. The lowest BCUT2D eigenvalue weighted by Gasteiger charge is -2.46. The molecule has 0 radical (unpaired) electrons. The molecule has 6 nitrogen and oxygen atoms in total. The zero-order valence-electron chi connectivity index (χ0n) is 22.5. The van der Waals surface area contributed by atoms with Crippen LogP contribution in [0.2, 0.25) is 0 Å². The molecular weight excluding hydrogens is 400 g/mol. The van der Waals surface area contributed by atoms with Crippen LogP contribution in [0, 0.1) is 0 Å². The van der Waals surface area contributed by atoms with Gasteiger partial charge in [-0.05, 0) is 83.1 Å². The first-order valence-corrected chi connectivity index (χ1v) is 11.7. The zero-order chi connectivity index (χ0) is 25.2. The van der Waals surface area contributed by atoms with E-state index in [2.05, 4.69) is 96.2 Å². The third kappa shape index (κ3) is 4.17. The standard InChI is InChI=1S/C26H46N4O2/c1-15-17-19(29(25(9,10)11)21(31)27(17)23(3,4)5)20-18(16-2)28(24(6,7)8)22(32)30(20)26(12,13)14/h15-20H,1-2H2,3-14H3/t17-,18-,19+,20+/m0/s1. The van der Waals surface area contributed by atoms with Gasteiger partial charge in [-0.2, -0.15) is 0 Å². The van der Waals surface area contributed by atoms with Crippen LogP contribution < -0.4 is 0 Å². The Kier molecular flexibility index (Phi) is 6.41. The number of nitrogens with zero attached hydrogens (tertiary/aromatic N) is 4. The molecule has 0 aliphatic carbocycles. The lowest BCUT2D eigenvalue weighted by Crippen LogP contribution is -2.62. The lowest BCUT2D eigenvalue weighted by atomic mass is 9.86. The van der Waals surface area contributed by atoms with E-state index in [0.29, 0.717) is 0 Å². The highest BCUT2D eigenvalue weighted by molar-refractivity contribution is 5.83. The topological polar surface area (TPSA) is 47.1 Å². The van der Waals surface area contributed by atoms with Gasteiger partial charge in [-0.1, -0.05) is 12.2 Å². The number of hydrogen-bond donors (Lipinski definition) is 0. The van der Waals surface area contributed by atoms with Crippen molar-refractivity contribution in [2.45, 2.75) is 129 Å². The predicted molar refractivity (Wildman–Crippen MR) is 133 cm³/mol. The van der Waals surface area contributed by atoms with Crippen LogP contribution in [-0.4, -0.2) is 78.0 Å². The molecule has 0 aromatic heterocycles. The number of rotatable bonds is 3. The Hall–Kier alpha value is -1.98. The molecule has 2 aliphatic heterocycles. The maximum atomic E-state index is 13.9. The van der Waals surface area contributed by atoms with Gasteiger partial charge in [-0.15, -0.1) is 13.2 Å². The first-order chi connectivity index (χ1) is 14.2. The highest BCUT2D eigenvalue weighted by atomic mass is 16.2. The Morgan fingerprint density at radius 2 is 0.750 bits per heavy atom. The summed E-state index contributed by atoms with van der Waals surface area (Å²) in [4.78, 5) is 35.6. The van der Waals surface area contributed by atoms with Gasteiger partial charge in [0.15, 0.2) is 0 Å². The molecule has 0 bridgehead atoms. The molecule has 0 saturated carbocycles. The van der Waals surface area contributed by atoms with E-state index in [1.165, 1.54) is 0 Å². The van der Waals surface area contributed by atoms with Crippen molar-refractivity contribution in [2.24, 2.45) is 0 Å². The molecule has 2 aliphatic rings. The SMILES string of the molecule is C=C[C@H]1[C@H]([C@H]2[C@H](C=C)N(C(C)(C)C)C(=O)N2C(C)(C)C)N(C(C)(C)C)C(=O)N1C(C)(C)C. The molecule has 4 atom stereocenters. The van der Waals surface area contributed by atoms with Gasteiger partial charge in [0.2, 0.25) is 0 Å². The number of hydrogen-bond acceptors (Lipinski definition) is 2. The molecule has 2 saturated heterocycles. The molecule has 2 fully saturated rings. The van der Waals surface area contributed by atoms with Crippen molar-refractivity contribution in [2.75, 3.05) is 0 Å². The molecule has 0 unspecified atom stereocenters. The third-order valence-electron chi connectivity index (χ3n) is 6.44. The van der Waals surface area contributed by atoms with Gasteiger partial charge >= 0.3 is 12.1 Å². The van der Waals surface area contributed by atoms with E-state index in [4.69, 9.17) is 0 Å². The second-order valence-corrected chi connectivity index (χ2v) is 13.2. The van der Waals surface area contributed by atoms with Gasteiger partial charge in [0.25, 0.3) is 0 Å². The van der Waals surface area contributed by atoms with E-state index in [9.17, 15) is 9.59 Å². The Labute approximate surface area is 196 Å². The van der Waals surface area contributed by atoms with Crippen LogP contribution in [0.5, 0.6) is 0 Å². The average molecular weight is 447 g/mol. The summed E-state index contributed by atoms with van der Waals surface area (Å²) in [6, 6.07) is -1.05. The molecule has 4 amide bonds. The Bertz CT molecular complexity index is 710. The van der Waals surface area contributed by atoms with E-state index < -0.39 is 22.2 Å². The number of amides is 4. The van der Waals surface area contributed by atoms with Gasteiger partial charge in [0.1, 0.15) is 0 Å². The molecular formula is C26H46N4O2. The molecule has 0 aromatic rings. The predicted octanol–water partition coefficient (Wildman–Crippen LogP) is 5.50. The van der Waals surface area contributed by atoms with Gasteiger partial charge in [-0.3, -0.25) is 0 Å². The van der Waals surface area contributed by atoms with Gasteiger partial charge in [-0.25, -0.2) is 9.59 Å². The van der Waals surface area contributed by atoms with E-state index in [-0.39, 0.29) is 36.2 Å². The van der Waals surface area contributed by atoms with Crippen LogP contribution in [0.3, 0.4) is 0 Å². The van der Waals surface area contributed by atoms with Crippen LogP contribution in [0.4, 0.5) is 9.59 Å². The summed E-state index contributed by atoms with van der Waals surface area (Å²) in [5.74, 6) is 0. The quantitative estimate of drug-likeness (QED) is 0.537. The van der Waals surface area contributed by atoms with Crippen molar-refractivity contribution in [3.05, 3.63) is 25.3 Å². The fraction of sp³-hybridized carbons (Fsp3) is 0.769. The minimum atomic E-state index is -0.434. The maximum absolute atomic E-state index is 13.9. The van der Waals surface area contributed by atoms with Crippen molar-refractivity contribution >= 4 is 12.1 Å². The van der Waals surface area contributed by atoms with Gasteiger partial charge in [0, 0.05) is 22.2 Å². The number of carbonyl (C=O) groups excluding carboxylic acids is 2. The fourth-order valence-electron chi connectivity index (χ4n) is 5.49. The van der Waals surface area contributed by atoms with Crippen LogP contribution in [0.1, 0.15) is 83.1 Å². The van der Waals surface area contributed by atoms with Crippen molar-refractivity contribution < 1.29 is 9.59 Å². The van der Waals surface area contributed by atoms with E-state index in [1.54, 1.807) is 0 Å². The minimum absolute atomic E-state index is 0.0155. The summed E-state index contributed by atoms with van der Waals surface area (Å²) in [5, 5.41) is 0. The molecule has 182 valence electrons. The molecule has 2 heterocycles. The molecule has 32 heavy (non-hydrogen) atoms. The van der Waals surface area contributed by atoms with Gasteiger partial charge < -0.3 is 19.6 Å². The Morgan fingerprint density at radius 3 is 0.906 bits per heavy atom. The summed E-state index contributed by atoms with van der Waals surface area (Å²) in [5.41, 5.74) is -1.65. The minimum Gasteiger partial charge on any atom is -0.312 e. The first-order valence-electron chi connectivity index (χ1n) is 11.7. The second-order valence-electron chi connectivity index (χ2n) is 13.2. The third-order valence-corrected chi connectivity index (χ3v) is 6.44. The number of urea groups is 2. The van der Waals surface area contributed by atoms with Crippen molar-refractivity contribution in [1.29, 1.82) is 0 Å². The summed E-state index contributed by atoms with van der Waals surface area (Å²) in [6.45, 7) is 33.0. The molecule has 2 rings (SSSR count). The molecule has 6 heteroatoms. The summed E-state index contributed by atoms with van der Waals surface area (Å²) >= 11 is 0. The Morgan fingerprint density at radius 1 is 0.531 bits per heavy atom. The zero-order valence-corrected chi connectivity index (χ0v) is 22.5. The van der Waals surface area contributed by atoms with E-state index >= 15 is 0 Å². The largest absolute Gasteiger partial charge is 0.321 e. The smallest absolute Gasteiger partial charge is 0.312 e. The highest BCUT2D eigenvalue weighted by Crippen LogP contribution is 2.45. The Balaban J connectivity index is 2.85. The molecule has 0 spiro atoms. The first kappa shape index (κ1) is 26.3. The van der Waals surface area contributed by atoms with Crippen molar-refractivity contribution in [3.63, 3.8) is 0 Å².